The van der Waals surface area contributed by atoms with Crippen LogP contribution in [0.2, 0.25) is 0 Å². The molecule has 0 unspecified atom stereocenters. The number of imide groups is 1. The van der Waals surface area contributed by atoms with Gasteiger partial charge < -0.3 is 0 Å². The van der Waals surface area contributed by atoms with E-state index in [0.717, 1.165) is 10.6 Å². The van der Waals surface area contributed by atoms with E-state index in [4.69, 9.17) is 0 Å². The van der Waals surface area contributed by atoms with Gasteiger partial charge in [0.2, 0.25) is 5.91 Å². The van der Waals surface area contributed by atoms with Crippen molar-refractivity contribution in [2.75, 3.05) is 6.54 Å². The third kappa shape index (κ3) is 2.75. The number of hydrogen-bond donors (Lipinski definition) is 2. The van der Waals surface area contributed by atoms with Crippen LogP contribution < -0.4 is 10.7 Å². The van der Waals surface area contributed by atoms with Crippen molar-refractivity contribution in [1.82, 2.24) is 20.7 Å². The fourth-order valence-electron chi connectivity index (χ4n) is 1.80. The van der Waals surface area contributed by atoms with Crippen LogP contribution in [0.5, 0.6) is 0 Å². The molecule has 8 heteroatoms. The third-order valence-electron chi connectivity index (χ3n) is 2.79. The number of rotatable bonds is 3. The fourth-order valence-corrected chi connectivity index (χ4v) is 2.61. The molecule has 3 rings (SSSR count). The second-order valence-corrected chi connectivity index (χ2v) is 5.14. The highest BCUT2D eigenvalue weighted by Crippen LogP contribution is 2.23. The van der Waals surface area contributed by atoms with Crippen molar-refractivity contribution < 1.29 is 14.4 Å². The van der Waals surface area contributed by atoms with Crippen molar-refractivity contribution in [2.24, 2.45) is 0 Å². The number of amides is 4. The van der Waals surface area contributed by atoms with E-state index in [-0.39, 0.29) is 12.2 Å². The van der Waals surface area contributed by atoms with Crippen LogP contribution in [0.1, 0.15) is 10.5 Å². The Kier molecular flexibility index (Phi) is 3.36. The summed E-state index contributed by atoms with van der Waals surface area (Å²) in [6.07, 6.45) is 0. The fraction of sp³-hybridized carbons (Fsp3) is 0.0769. The lowest BCUT2D eigenvalue weighted by Gasteiger charge is -2.12. The second kappa shape index (κ2) is 5.33. The van der Waals surface area contributed by atoms with Gasteiger partial charge in [0.1, 0.15) is 17.2 Å². The Bertz CT molecular complexity index is 713. The Balaban J connectivity index is 1.73. The van der Waals surface area contributed by atoms with E-state index in [0.29, 0.717) is 5.01 Å². The first-order chi connectivity index (χ1) is 10.1. The number of hydrogen-bond acceptors (Lipinski definition) is 5. The molecule has 0 bridgehead atoms. The summed E-state index contributed by atoms with van der Waals surface area (Å²) in [6, 6.07) is 8.81. The quantitative estimate of drug-likeness (QED) is 0.828. The minimum atomic E-state index is -0.646. The number of hydrazine groups is 1. The zero-order valence-electron chi connectivity index (χ0n) is 10.7. The van der Waals surface area contributed by atoms with Gasteiger partial charge in [0, 0.05) is 10.9 Å². The lowest BCUT2D eigenvalue weighted by atomic mass is 10.2. The molecule has 1 fully saturated rings. The number of aromatic nitrogens is 1. The molecule has 1 aromatic carbocycles. The predicted molar refractivity (Wildman–Crippen MR) is 75.3 cm³/mol. The molecule has 1 aromatic heterocycles. The standard InChI is InChI=1S/C13H10N4O3S/c18-10-6-17(13(20)15-10)16-11(19)9-7-21-12(14-9)8-4-2-1-3-5-8/h1-5,7H,6H2,(H,16,19)(H,15,18,20). The van der Waals surface area contributed by atoms with Gasteiger partial charge in [-0.05, 0) is 0 Å². The molecule has 0 atom stereocenters. The average Bonchev–Trinajstić information content (AvgIpc) is 3.07. The molecule has 0 saturated carbocycles. The Morgan fingerprint density at radius 2 is 2.05 bits per heavy atom. The monoisotopic (exact) mass is 302 g/mol. The number of nitrogens with one attached hydrogen (secondary N) is 2. The molecule has 0 radical (unpaired) electrons. The third-order valence-corrected chi connectivity index (χ3v) is 3.68. The van der Waals surface area contributed by atoms with E-state index in [9.17, 15) is 14.4 Å². The molecule has 1 aliphatic rings. The number of nitrogens with zero attached hydrogens (tertiary/aromatic N) is 2. The lowest BCUT2D eigenvalue weighted by Crippen LogP contribution is -2.44. The molecule has 106 valence electrons. The summed E-state index contributed by atoms with van der Waals surface area (Å²) in [5.74, 6) is -0.984. The zero-order valence-corrected chi connectivity index (χ0v) is 11.5. The first-order valence-electron chi connectivity index (χ1n) is 6.07. The Labute approximate surface area is 123 Å². The highest BCUT2D eigenvalue weighted by Gasteiger charge is 2.28. The summed E-state index contributed by atoms with van der Waals surface area (Å²) in [4.78, 5) is 38.6. The molecule has 4 amide bonds. The molecule has 2 heterocycles. The van der Waals surface area contributed by atoms with Crippen molar-refractivity contribution in [3.8, 4) is 10.6 Å². The van der Waals surface area contributed by atoms with Gasteiger partial charge in [0.15, 0.2) is 0 Å². The highest BCUT2D eigenvalue weighted by atomic mass is 32.1. The van der Waals surface area contributed by atoms with Crippen molar-refractivity contribution in [3.05, 3.63) is 41.4 Å². The van der Waals surface area contributed by atoms with Gasteiger partial charge in [0.05, 0.1) is 0 Å². The zero-order chi connectivity index (χ0) is 14.8. The van der Waals surface area contributed by atoms with E-state index in [1.54, 1.807) is 5.38 Å². The summed E-state index contributed by atoms with van der Waals surface area (Å²) in [6.45, 7) is -0.194. The smallest absolute Gasteiger partial charge is 0.275 e. The number of thiazole rings is 1. The van der Waals surface area contributed by atoms with E-state index >= 15 is 0 Å². The molecular formula is C13H10N4O3S. The molecular weight excluding hydrogens is 292 g/mol. The first-order valence-corrected chi connectivity index (χ1v) is 6.95. The summed E-state index contributed by atoms with van der Waals surface area (Å²) in [5, 5.41) is 5.31. The van der Waals surface area contributed by atoms with E-state index in [2.05, 4.69) is 15.7 Å². The van der Waals surface area contributed by atoms with Crippen LogP contribution in [0.4, 0.5) is 4.79 Å². The summed E-state index contributed by atoms with van der Waals surface area (Å²) in [5.41, 5.74) is 3.46. The van der Waals surface area contributed by atoms with Crippen molar-refractivity contribution in [3.63, 3.8) is 0 Å². The van der Waals surface area contributed by atoms with Crippen molar-refractivity contribution in [1.29, 1.82) is 0 Å². The van der Waals surface area contributed by atoms with Gasteiger partial charge in [-0.25, -0.2) is 14.8 Å². The molecule has 2 aromatic rings. The van der Waals surface area contributed by atoms with E-state index in [1.807, 2.05) is 30.3 Å². The van der Waals surface area contributed by atoms with Crippen LogP contribution in [-0.4, -0.2) is 34.4 Å². The second-order valence-electron chi connectivity index (χ2n) is 4.28. The maximum absolute atomic E-state index is 12.0. The molecule has 0 aliphatic carbocycles. The van der Waals surface area contributed by atoms with Gasteiger partial charge in [-0.3, -0.25) is 20.3 Å². The maximum atomic E-state index is 12.0. The predicted octanol–water partition coefficient (Wildman–Crippen LogP) is 1.01. The first kappa shape index (κ1) is 13.3. The average molecular weight is 302 g/mol. The number of benzene rings is 1. The molecule has 1 aliphatic heterocycles. The SMILES string of the molecule is O=C1CN(NC(=O)c2csc(-c3ccccc3)n2)C(=O)N1. The highest BCUT2D eigenvalue weighted by molar-refractivity contribution is 7.13. The van der Waals surface area contributed by atoms with Gasteiger partial charge in [0.25, 0.3) is 5.91 Å². The summed E-state index contributed by atoms with van der Waals surface area (Å²) < 4.78 is 0. The van der Waals surface area contributed by atoms with Gasteiger partial charge in [-0.15, -0.1) is 11.3 Å². The summed E-state index contributed by atoms with van der Waals surface area (Å²) in [7, 11) is 0. The number of urea groups is 1. The number of carbonyl (C=O) groups excluding carboxylic acids is 3. The van der Waals surface area contributed by atoms with Crippen LogP contribution in [0.3, 0.4) is 0 Å². The van der Waals surface area contributed by atoms with Gasteiger partial charge in [-0.2, -0.15) is 0 Å². The molecule has 21 heavy (non-hydrogen) atoms. The lowest BCUT2D eigenvalue weighted by molar-refractivity contribution is -0.118. The summed E-state index contributed by atoms with van der Waals surface area (Å²) >= 11 is 1.33. The van der Waals surface area contributed by atoms with Crippen LogP contribution in [-0.2, 0) is 4.79 Å². The largest absolute Gasteiger partial charge is 0.343 e. The minimum Gasteiger partial charge on any atom is -0.275 e. The van der Waals surface area contributed by atoms with Crippen LogP contribution in [0.25, 0.3) is 10.6 Å². The molecule has 0 spiro atoms. The normalized spacial score (nSPS) is 14.2. The van der Waals surface area contributed by atoms with Crippen LogP contribution in [0.15, 0.2) is 35.7 Å². The van der Waals surface area contributed by atoms with Crippen LogP contribution >= 0.6 is 11.3 Å². The Morgan fingerprint density at radius 1 is 1.29 bits per heavy atom. The van der Waals surface area contributed by atoms with Gasteiger partial charge >= 0.3 is 6.03 Å². The van der Waals surface area contributed by atoms with E-state index in [1.165, 1.54) is 11.3 Å². The topological polar surface area (TPSA) is 91.4 Å². The maximum Gasteiger partial charge on any atom is 0.343 e. The van der Waals surface area contributed by atoms with Crippen molar-refractivity contribution in [2.45, 2.75) is 0 Å². The Hall–Kier alpha value is -2.74. The Morgan fingerprint density at radius 3 is 2.71 bits per heavy atom. The molecule has 7 nitrogen and oxygen atoms in total. The van der Waals surface area contributed by atoms with Crippen molar-refractivity contribution >= 4 is 29.2 Å². The van der Waals surface area contributed by atoms with E-state index < -0.39 is 17.8 Å². The molecule has 1 saturated heterocycles. The van der Waals surface area contributed by atoms with Gasteiger partial charge in [-0.1, -0.05) is 30.3 Å². The van der Waals surface area contributed by atoms with Crippen LogP contribution in [0, 0.1) is 0 Å². The minimum absolute atomic E-state index is 0.194. The number of carbonyl (C=O) groups is 3. The molecule has 2 N–H and O–H groups in total.